The SMILES string of the molecule is Cc1cccc(NC(=O)Cn2ccc(=O)c3cc(F)ccc32)c1C. The zero-order chi connectivity index (χ0) is 17.3. The molecule has 1 N–H and O–H groups in total. The largest absolute Gasteiger partial charge is 0.338 e. The van der Waals surface area contributed by atoms with E-state index < -0.39 is 5.82 Å². The van der Waals surface area contributed by atoms with Gasteiger partial charge < -0.3 is 9.88 Å². The van der Waals surface area contributed by atoms with Crippen molar-refractivity contribution in [1.82, 2.24) is 4.57 Å². The van der Waals surface area contributed by atoms with Gasteiger partial charge in [-0.3, -0.25) is 9.59 Å². The molecule has 1 heterocycles. The number of benzene rings is 2. The van der Waals surface area contributed by atoms with Crippen LogP contribution in [0.4, 0.5) is 10.1 Å². The lowest BCUT2D eigenvalue weighted by Gasteiger charge is -2.13. The zero-order valence-corrected chi connectivity index (χ0v) is 13.5. The second-order valence-corrected chi connectivity index (χ2v) is 5.77. The second kappa shape index (κ2) is 6.28. The molecular formula is C19H17FN2O2. The summed E-state index contributed by atoms with van der Waals surface area (Å²) in [6, 6.07) is 11.0. The number of carbonyl (C=O) groups is 1. The molecule has 0 saturated heterocycles. The number of nitrogens with one attached hydrogen (secondary N) is 1. The lowest BCUT2D eigenvalue weighted by atomic mass is 10.1. The van der Waals surface area contributed by atoms with Crippen LogP contribution in [0.5, 0.6) is 0 Å². The quantitative estimate of drug-likeness (QED) is 0.803. The lowest BCUT2D eigenvalue weighted by molar-refractivity contribution is -0.116. The Morgan fingerprint density at radius 1 is 1.17 bits per heavy atom. The first-order valence-electron chi connectivity index (χ1n) is 7.60. The molecule has 1 amide bonds. The third kappa shape index (κ3) is 3.06. The summed E-state index contributed by atoms with van der Waals surface area (Å²) >= 11 is 0. The van der Waals surface area contributed by atoms with Crippen molar-refractivity contribution in [2.45, 2.75) is 20.4 Å². The van der Waals surface area contributed by atoms with Crippen LogP contribution in [0.25, 0.3) is 10.9 Å². The van der Waals surface area contributed by atoms with E-state index in [4.69, 9.17) is 0 Å². The van der Waals surface area contributed by atoms with Crippen LogP contribution < -0.4 is 10.7 Å². The predicted octanol–water partition coefficient (Wildman–Crippen LogP) is 3.40. The maximum Gasteiger partial charge on any atom is 0.244 e. The molecule has 0 bridgehead atoms. The molecule has 0 fully saturated rings. The van der Waals surface area contributed by atoms with Crippen LogP contribution >= 0.6 is 0 Å². The van der Waals surface area contributed by atoms with Crippen molar-refractivity contribution in [2.75, 3.05) is 5.32 Å². The number of aryl methyl sites for hydroxylation is 1. The third-order valence-electron chi connectivity index (χ3n) is 4.13. The Balaban J connectivity index is 1.90. The summed E-state index contributed by atoms with van der Waals surface area (Å²) in [5, 5.41) is 3.14. The fourth-order valence-electron chi connectivity index (χ4n) is 2.65. The number of amides is 1. The molecule has 5 heteroatoms. The van der Waals surface area contributed by atoms with Crippen LogP contribution in [0, 0.1) is 19.7 Å². The van der Waals surface area contributed by atoms with E-state index in [1.54, 1.807) is 10.8 Å². The van der Waals surface area contributed by atoms with Gasteiger partial charge in [0.2, 0.25) is 5.91 Å². The standard InChI is InChI=1S/C19H17FN2O2/c1-12-4-3-5-16(13(12)2)21-19(24)11-22-9-8-18(23)15-10-14(20)6-7-17(15)22/h3-10H,11H2,1-2H3,(H,21,24). The number of anilines is 1. The molecule has 0 radical (unpaired) electrons. The van der Waals surface area contributed by atoms with Gasteiger partial charge in [-0.05, 0) is 49.2 Å². The molecule has 0 saturated carbocycles. The molecule has 122 valence electrons. The Hall–Kier alpha value is -2.95. The molecule has 2 aromatic carbocycles. The summed E-state index contributed by atoms with van der Waals surface area (Å²) in [6.45, 7) is 3.97. The van der Waals surface area contributed by atoms with Crippen LogP contribution in [-0.2, 0) is 11.3 Å². The summed E-state index contributed by atoms with van der Waals surface area (Å²) < 4.78 is 15.0. The van der Waals surface area contributed by atoms with Crippen LogP contribution in [-0.4, -0.2) is 10.5 Å². The van der Waals surface area contributed by atoms with Gasteiger partial charge in [0.05, 0.1) is 5.52 Å². The van der Waals surface area contributed by atoms with E-state index in [2.05, 4.69) is 5.32 Å². The highest BCUT2D eigenvalue weighted by Crippen LogP contribution is 2.18. The van der Waals surface area contributed by atoms with Gasteiger partial charge in [-0.25, -0.2) is 4.39 Å². The first-order valence-corrected chi connectivity index (χ1v) is 7.60. The van der Waals surface area contributed by atoms with Gasteiger partial charge in [0.1, 0.15) is 12.4 Å². The molecular weight excluding hydrogens is 307 g/mol. The molecule has 3 rings (SSSR count). The molecule has 0 aliphatic rings. The molecule has 4 nitrogen and oxygen atoms in total. The molecule has 1 aromatic heterocycles. The minimum absolute atomic E-state index is 0.0375. The number of hydrogen-bond acceptors (Lipinski definition) is 2. The summed E-state index contributed by atoms with van der Waals surface area (Å²) in [5.41, 5.74) is 3.13. The van der Waals surface area contributed by atoms with Crippen molar-refractivity contribution in [3.63, 3.8) is 0 Å². The van der Waals surface area contributed by atoms with E-state index in [0.29, 0.717) is 5.52 Å². The fourth-order valence-corrected chi connectivity index (χ4v) is 2.65. The molecule has 24 heavy (non-hydrogen) atoms. The molecule has 0 aliphatic heterocycles. The molecule has 0 aliphatic carbocycles. The van der Waals surface area contributed by atoms with Crippen LogP contribution in [0.15, 0.2) is 53.5 Å². The average molecular weight is 324 g/mol. The minimum atomic E-state index is -0.475. The summed E-state index contributed by atoms with van der Waals surface area (Å²) in [7, 11) is 0. The normalized spacial score (nSPS) is 10.8. The number of nitrogens with zero attached hydrogens (tertiary/aromatic N) is 1. The highest BCUT2D eigenvalue weighted by atomic mass is 19.1. The molecule has 0 unspecified atom stereocenters. The monoisotopic (exact) mass is 324 g/mol. The van der Waals surface area contributed by atoms with Crippen LogP contribution in [0.1, 0.15) is 11.1 Å². The number of carbonyl (C=O) groups excluding carboxylic acids is 1. The number of rotatable bonds is 3. The summed E-state index contributed by atoms with van der Waals surface area (Å²) in [6.07, 6.45) is 1.55. The first-order chi connectivity index (χ1) is 11.5. The first kappa shape index (κ1) is 15.9. The van der Waals surface area contributed by atoms with Crippen molar-refractivity contribution in [1.29, 1.82) is 0 Å². The van der Waals surface area contributed by atoms with Crippen LogP contribution in [0.2, 0.25) is 0 Å². The summed E-state index contributed by atoms with van der Waals surface area (Å²) in [5.74, 6) is -0.685. The minimum Gasteiger partial charge on any atom is -0.338 e. The van der Waals surface area contributed by atoms with Gasteiger partial charge in [-0.15, -0.1) is 0 Å². The van der Waals surface area contributed by atoms with Crippen molar-refractivity contribution in [2.24, 2.45) is 0 Å². The number of fused-ring (bicyclic) bond motifs is 1. The van der Waals surface area contributed by atoms with E-state index >= 15 is 0 Å². The number of halogens is 1. The molecule has 0 spiro atoms. The van der Waals surface area contributed by atoms with E-state index in [1.165, 1.54) is 24.3 Å². The van der Waals surface area contributed by atoms with E-state index in [1.807, 2.05) is 32.0 Å². The Kier molecular flexibility index (Phi) is 4.16. The number of aromatic nitrogens is 1. The van der Waals surface area contributed by atoms with Crippen molar-refractivity contribution >= 4 is 22.5 Å². The lowest BCUT2D eigenvalue weighted by Crippen LogP contribution is -2.21. The van der Waals surface area contributed by atoms with Crippen LogP contribution in [0.3, 0.4) is 0 Å². The maximum absolute atomic E-state index is 13.4. The Morgan fingerprint density at radius 3 is 2.75 bits per heavy atom. The van der Waals surface area contributed by atoms with Gasteiger partial charge >= 0.3 is 0 Å². The smallest absolute Gasteiger partial charge is 0.244 e. The topological polar surface area (TPSA) is 51.1 Å². The van der Waals surface area contributed by atoms with Gasteiger partial charge in [-0.1, -0.05) is 12.1 Å². The Bertz CT molecular complexity index is 992. The van der Waals surface area contributed by atoms with Crippen molar-refractivity contribution in [3.8, 4) is 0 Å². The van der Waals surface area contributed by atoms with Gasteiger partial charge in [0, 0.05) is 23.3 Å². The number of pyridine rings is 1. The Labute approximate surface area is 138 Å². The van der Waals surface area contributed by atoms with Gasteiger partial charge in [-0.2, -0.15) is 0 Å². The van der Waals surface area contributed by atoms with Crippen molar-refractivity contribution < 1.29 is 9.18 Å². The van der Waals surface area contributed by atoms with E-state index in [-0.39, 0.29) is 23.3 Å². The summed E-state index contributed by atoms with van der Waals surface area (Å²) in [4.78, 5) is 24.2. The third-order valence-corrected chi connectivity index (χ3v) is 4.13. The molecule has 0 atom stereocenters. The maximum atomic E-state index is 13.4. The predicted molar refractivity (Wildman–Crippen MR) is 92.7 cm³/mol. The zero-order valence-electron chi connectivity index (χ0n) is 13.5. The Morgan fingerprint density at radius 2 is 1.96 bits per heavy atom. The van der Waals surface area contributed by atoms with E-state index in [0.717, 1.165) is 16.8 Å². The highest BCUT2D eigenvalue weighted by molar-refractivity contribution is 5.92. The van der Waals surface area contributed by atoms with E-state index in [9.17, 15) is 14.0 Å². The van der Waals surface area contributed by atoms with Gasteiger partial charge in [0.15, 0.2) is 5.43 Å². The van der Waals surface area contributed by atoms with Gasteiger partial charge in [0.25, 0.3) is 0 Å². The van der Waals surface area contributed by atoms with Crippen molar-refractivity contribution in [3.05, 3.63) is 75.8 Å². The molecule has 3 aromatic rings. The fraction of sp³-hybridized carbons (Fsp3) is 0.158. The highest BCUT2D eigenvalue weighted by Gasteiger charge is 2.10. The average Bonchev–Trinajstić information content (AvgIpc) is 2.55. The number of hydrogen-bond donors (Lipinski definition) is 1. The second-order valence-electron chi connectivity index (χ2n) is 5.77.